The Morgan fingerprint density at radius 3 is 2.39 bits per heavy atom. The Hall–Kier alpha value is -2.24. The van der Waals surface area contributed by atoms with E-state index in [4.69, 9.17) is 4.42 Å². The van der Waals surface area contributed by atoms with Crippen molar-refractivity contribution < 1.29 is 17.6 Å². The SMILES string of the molecule is FC(F)(F)c1ccc(NN=Cc2ccco2)cc1. The van der Waals surface area contributed by atoms with Gasteiger partial charge in [0.2, 0.25) is 0 Å². The molecule has 0 bridgehead atoms. The first-order valence-corrected chi connectivity index (χ1v) is 5.05. The van der Waals surface area contributed by atoms with Gasteiger partial charge >= 0.3 is 6.18 Å². The van der Waals surface area contributed by atoms with Crippen molar-refractivity contribution in [2.24, 2.45) is 5.10 Å². The fourth-order valence-corrected chi connectivity index (χ4v) is 1.27. The minimum atomic E-state index is -4.32. The number of hydrogen-bond donors (Lipinski definition) is 1. The summed E-state index contributed by atoms with van der Waals surface area (Å²) in [5, 5.41) is 3.83. The molecule has 0 saturated carbocycles. The van der Waals surface area contributed by atoms with Crippen LogP contribution in [-0.4, -0.2) is 6.21 Å². The molecule has 0 spiro atoms. The fourth-order valence-electron chi connectivity index (χ4n) is 1.27. The molecule has 2 aromatic rings. The van der Waals surface area contributed by atoms with Crippen molar-refractivity contribution in [2.75, 3.05) is 5.43 Å². The molecule has 0 radical (unpaired) electrons. The van der Waals surface area contributed by atoms with Crippen molar-refractivity contribution in [1.82, 2.24) is 0 Å². The fraction of sp³-hybridized carbons (Fsp3) is 0.0833. The number of anilines is 1. The van der Waals surface area contributed by atoms with E-state index in [1.807, 2.05) is 0 Å². The Kier molecular flexibility index (Phi) is 3.36. The summed E-state index contributed by atoms with van der Waals surface area (Å²) in [6, 6.07) is 8.01. The van der Waals surface area contributed by atoms with E-state index in [9.17, 15) is 13.2 Å². The monoisotopic (exact) mass is 254 g/mol. The van der Waals surface area contributed by atoms with Crippen molar-refractivity contribution in [2.45, 2.75) is 6.18 Å². The van der Waals surface area contributed by atoms with E-state index in [2.05, 4.69) is 10.5 Å². The highest BCUT2D eigenvalue weighted by molar-refractivity contribution is 5.76. The highest BCUT2D eigenvalue weighted by Crippen LogP contribution is 2.29. The van der Waals surface area contributed by atoms with E-state index in [0.29, 0.717) is 11.4 Å². The smallest absolute Gasteiger partial charge is 0.416 e. The zero-order chi connectivity index (χ0) is 13.0. The van der Waals surface area contributed by atoms with Gasteiger partial charge in [0.15, 0.2) is 0 Å². The summed E-state index contributed by atoms with van der Waals surface area (Å²) < 4.78 is 41.9. The van der Waals surface area contributed by atoms with Gasteiger partial charge in [0.05, 0.1) is 23.7 Å². The lowest BCUT2D eigenvalue weighted by atomic mass is 10.2. The first-order chi connectivity index (χ1) is 8.55. The minimum Gasteiger partial charge on any atom is -0.463 e. The number of alkyl halides is 3. The van der Waals surface area contributed by atoms with Gasteiger partial charge in [0, 0.05) is 0 Å². The quantitative estimate of drug-likeness (QED) is 0.669. The molecule has 6 heteroatoms. The number of benzene rings is 1. The van der Waals surface area contributed by atoms with Crippen LogP contribution in [0.15, 0.2) is 52.2 Å². The van der Waals surface area contributed by atoms with Crippen LogP contribution in [0.5, 0.6) is 0 Å². The van der Waals surface area contributed by atoms with Gasteiger partial charge < -0.3 is 4.42 Å². The normalized spacial score (nSPS) is 11.9. The third-order valence-corrected chi connectivity index (χ3v) is 2.14. The minimum absolute atomic E-state index is 0.464. The lowest BCUT2D eigenvalue weighted by Crippen LogP contribution is -2.04. The summed E-state index contributed by atoms with van der Waals surface area (Å²) in [4.78, 5) is 0. The number of nitrogens with one attached hydrogen (secondary N) is 1. The molecule has 2 rings (SSSR count). The highest BCUT2D eigenvalue weighted by Gasteiger charge is 2.29. The van der Waals surface area contributed by atoms with Crippen LogP contribution in [-0.2, 0) is 6.18 Å². The third kappa shape index (κ3) is 3.13. The van der Waals surface area contributed by atoms with Crippen LogP contribution in [0.4, 0.5) is 18.9 Å². The first kappa shape index (κ1) is 12.2. The highest BCUT2D eigenvalue weighted by atomic mass is 19.4. The molecule has 0 aliphatic carbocycles. The van der Waals surface area contributed by atoms with Crippen LogP contribution in [0, 0.1) is 0 Å². The summed E-state index contributed by atoms with van der Waals surface area (Å²) >= 11 is 0. The van der Waals surface area contributed by atoms with Crippen LogP contribution in [0.25, 0.3) is 0 Å². The number of nitrogens with zero attached hydrogens (tertiary/aromatic N) is 1. The Morgan fingerprint density at radius 1 is 1.11 bits per heavy atom. The molecule has 1 N–H and O–H groups in total. The van der Waals surface area contributed by atoms with Crippen molar-refractivity contribution in [3.05, 3.63) is 54.0 Å². The first-order valence-electron chi connectivity index (χ1n) is 5.05. The van der Waals surface area contributed by atoms with Gasteiger partial charge in [-0.1, -0.05) is 0 Å². The molecular weight excluding hydrogens is 245 g/mol. The van der Waals surface area contributed by atoms with Gasteiger partial charge in [-0.05, 0) is 36.4 Å². The Labute approximate surface area is 101 Å². The van der Waals surface area contributed by atoms with Crippen LogP contribution in [0.1, 0.15) is 11.3 Å². The molecule has 0 unspecified atom stereocenters. The summed E-state index contributed by atoms with van der Waals surface area (Å²) in [6.45, 7) is 0. The van der Waals surface area contributed by atoms with Crippen molar-refractivity contribution in [3.63, 3.8) is 0 Å². The molecule has 94 valence electrons. The lowest BCUT2D eigenvalue weighted by molar-refractivity contribution is -0.137. The second-order valence-corrected chi connectivity index (χ2v) is 3.46. The topological polar surface area (TPSA) is 37.5 Å². The molecular formula is C12H9F3N2O. The van der Waals surface area contributed by atoms with Gasteiger partial charge in [0.1, 0.15) is 5.76 Å². The summed E-state index contributed by atoms with van der Waals surface area (Å²) in [7, 11) is 0. The van der Waals surface area contributed by atoms with Crippen LogP contribution in [0.3, 0.4) is 0 Å². The van der Waals surface area contributed by atoms with Crippen molar-refractivity contribution in [3.8, 4) is 0 Å². The molecule has 0 saturated heterocycles. The van der Waals surface area contributed by atoms with E-state index in [0.717, 1.165) is 12.1 Å². The van der Waals surface area contributed by atoms with Crippen LogP contribution >= 0.6 is 0 Å². The average Bonchev–Trinajstić information content (AvgIpc) is 2.82. The van der Waals surface area contributed by atoms with Crippen LogP contribution < -0.4 is 5.43 Å². The largest absolute Gasteiger partial charge is 0.463 e. The van der Waals surface area contributed by atoms with E-state index < -0.39 is 11.7 Å². The molecule has 0 amide bonds. The van der Waals surface area contributed by atoms with Crippen molar-refractivity contribution >= 4 is 11.9 Å². The van der Waals surface area contributed by atoms with Gasteiger partial charge in [-0.3, -0.25) is 5.43 Å². The Balaban J connectivity index is 1.99. The predicted octanol–water partition coefficient (Wildman–Crippen LogP) is 3.74. The average molecular weight is 254 g/mol. The van der Waals surface area contributed by atoms with Gasteiger partial charge in [0.25, 0.3) is 0 Å². The predicted molar refractivity (Wildman–Crippen MR) is 61.4 cm³/mol. The van der Waals surface area contributed by atoms with Gasteiger partial charge in [-0.25, -0.2) is 0 Å². The van der Waals surface area contributed by atoms with Gasteiger partial charge in [-0.15, -0.1) is 0 Å². The second-order valence-electron chi connectivity index (χ2n) is 3.46. The Morgan fingerprint density at radius 2 is 1.83 bits per heavy atom. The molecule has 1 heterocycles. The number of hydrazone groups is 1. The number of furan rings is 1. The summed E-state index contributed by atoms with van der Waals surface area (Å²) in [5.41, 5.74) is 2.38. The summed E-state index contributed by atoms with van der Waals surface area (Å²) in [6.07, 6.45) is -1.40. The molecule has 1 aromatic heterocycles. The number of hydrogen-bond acceptors (Lipinski definition) is 3. The number of rotatable bonds is 3. The third-order valence-electron chi connectivity index (χ3n) is 2.14. The van der Waals surface area contributed by atoms with Crippen molar-refractivity contribution in [1.29, 1.82) is 0 Å². The maximum Gasteiger partial charge on any atom is 0.416 e. The molecule has 0 atom stereocenters. The van der Waals surface area contributed by atoms with E-state index in [1.54, 1.807) is 12.1 Å². The molecule has 0 aliphatic rings. The molecule has 0 aliphatic heterocycles. The Bertz CT molecular complexity index is 515. The zero-order valence-electron chi connectivity index (χ0n) is 9.11. The molecule has 0 fully saturated rings. The maximum atomic E-state index is 12.3. The van der Waals surface area contributed by atoms with Crippen LogP contribution in [0.2, 0.25) is 0 Å². The molecule has 3 nitrogen and oxygen atoms in total. The van der Waals surface area contributed by atoms with Gasteiger partial charge in [-0.2, -0.15) is 18.3 Å². The molecule has 1 aromatic carbocycles. The summed E-state index contributed by atoms with van der Waals surface area (Å²) in [5.74, 6) is 0.550. The maximum absolute atomic E-state index is 12.3. The van der Waals surface area contributed by atoms with E-state index >= 15 is 0 Å². The standard InChI is InChI=1S/C12H9F3N2O/c13-12(14,15)9-3-5-10(6-4-9)17-16-8-11-2-1-7-18-11/h1-8,17H. The molecule has 18 heavy (non-hydrogen) atoms. The van der Waals surface area contributed by atoms with E-state index in [1.165, 1.54) is 24.6 Å². The van der Waals surface area contributed by atoms with E-state index in [-0.39, 0.29) is 0 Å². The lowest BCUT2D eigenvalue weighted by Gasteiger charge is -2.06. The zero-order valence-corrected chi connectivity index (χ0v) is 9.11. The second kappa shape index (κ2) is 4.95. The number of halogens is 3.